The van der Waals surface area contributed by atoms with E-state index in [0.29, 0.717) is 0 Å². The van der Waals surface area contributed by atoms with Gasteiger partial charge in [0.15, 0.2) is 7.83 Å². The minimum absolute atomic E-state index is 0.00901. The molecule has 5 heteroatoms. The highest BCUT2D eigenvalue weighted by molar-refractivity contribution is 7.84. The summed E-state index contributed by atoms with van der Waals surface area (Å²) in [5.41, 5.74) is 1.52. The van der Waals surface area contributed by atoms with Crippen LogP contribution in [0.4, 0.5) is 0 Å². The Bertz CT molecular complexity index is 646. The molecule has 0 N–H and O–H groups in total. The summed E-state index contributed by atoms with van der Waals surface area (Å²) in [7, 11) is -6.43. The topological polar surface area (TPSA) is 9.23 Å². The first-order chi connectivity index (χ1) is 13.8. The molecule has 0 radical (unpaired) electrons. The number of hydrogen-bond donors (Lipinski definition) is 0. The second-order valence-corrected chi connectivity index (χ2v) is 45.0. The molecule has 0 spiro atoms. The van der Waals surface area contributed by atoms with E-state index in [9.17, 15) is 0 Å². The minimum atomic E-state index is -1.79. The molecule has 1 aliphatic rings. The van der Waals surface area contributed by atoms with Gasteiger partial charge in [0.25, 0.3) is 0 Å². The molecule has 166 valence electrons. The lowest BCUT2D eigenvalue weighted by Crippen LogP contribution is -2.94. The Morgan fingerprint density at radius 2 is 1.07 bits per heavy atom. The lowest BCUT2D eigenvalue weighted by Gasteiger charge is -2.73. The van der Waals surface area contributed by atoms with Gasteiger partial charge in [-0.2, -0.15) is 0 Å². The highest BCUT2D eigenvalue weighted by atomic mass is 29.8. The quantitative estimate of drug-likeness (QED) is 0.335. The Hall–Kier alpha value is 0.0475. The van der Waals surface area contributed by atoms with E-state index in [0.717, 1.165) is 0 Å². The molecule has 0 bridgehead atoms. The first kappa shape index (κ1) is 25.3. The summed E-state index contributed by atoms with van der Waals surface area (Å²) in [6.07, 6.45) is 0. The van der Waals surface area contributed by atoms with Crippen LogP contribution in [0.3, 0.4) is 0 Å². The molecule has 1 nitrogen and oxygen atoms in total. The third-order valence-electron chi connectivity index (χ3n) is 10.1. The van der Waals surface area contributed by atoms with Crippen molar-refractivity contribution in [3.8, 4) is 0 Å². The lowest BCUT2D eigenvalue weighted by atomic mass is 10.1. The van der Waals surface area contributed by atoms with Gasteiger partial charge in [0, 0.05) is 7.11 Å². The summed E-state index contributed by atoms with van der Waals surface area (Å²) in [6, 6.07) is 23.0. The zero-order valence-electron chi connectivity index (χ0n) is 21.0. The largest absolute Gasteiger partial charge is 0.414 e. The maximum absolute atomic E-state index is 7.90. The third kappa shape index (κ3) is 2.97. The van der Waals surface area contributed by atoms with Gasteiger partial charge in [0.05, 0.1) is 19.9 Å². The number of rotatable bonds is 9. The lowest BCUT2D eigenvalue weighted by molar-refractivity contribution is 0.155. The third-order valence-corrected chi connectivity index (χ3v) is 78.2. The van der Waals surface area contributed by atoms with E-state index < -0.39 is 29.6 Å². The van der Waals surface area contributed by atoms with Gasteiger partial charge in [-0.3, -0.25) is 0 Å². The Morgan fingerprint density at radius 1 is 0.621 bits per heavy atom. The van der Waals surface area contributed by atoms with Crippen molar-refractivity contribution in [3.63, 3.8) is 0 Å². The maximum Gasteiger partial charge on any atom is 0.177 e. The first-order valence-corrected chi connectivity index (χ1v) is 25.1. The van der Waals surface area contributed by atoms with Gasteiger partial charge in [-0.05, 0) is 24.6 Å². The second kappa shape index (κ2) is 9.27. The normalized spacial score (nSPS) is 26.9. The summed E-state index contributed by atoms with van der Waals surface area (Å²) in [5, 5.41) is 0.00901. The van der Waals surface area contributed by atoms with Crippen molar-refractivity contribution in [2.24, 2.45) is 0 Å². The molecule has 2 rings (SSSR count). The molecular formula is C24H48OSi4. The molecule has 1 fully saturated rings. The number of hydrogen-bond acceptors (Lipinski definition) is 1. The monoisotopic (exact) mass is 464 g/mol. The van der Waals surface area contributed by atoms with Crippen LogP contribution in [0.1, 0.15) is 67.9 Å². The van der Waals surface area contributed by atoms with Crippen molar-refractivity contribution in [3.05, 3.63) is 35.9 Å². The molecule has 1 aliphatic heterocycles. The van der Waals surface area contributed by atoms with Crippen LogP contribution < -0.4 is 0 Å². The zero-order chi connectivity index (χ0) is 22.0. The fraction of sp³-hybridized carbons (Fsp3) is 0.750. The molecule has 1 aromatic rings. The molecule has 1 saturated heterocycles. The van der Waals surface area contributed by atoms with Crippen molar-refractivity contribution in [2.45, 2.75) is 116 Å². The fourth-order valence-electron chi connectivity index (χ4n) is 8.88. The molecule has 0 aliphatic carbocycles. The second-order valence-electron chi connectivity index (χ2n) is 9.57. The standard InChI is InChI=1S/C24H48OSi4/c1-10-26(11-2)24(9,23-21-19-18-20-22-23)25-27(12-3,13-4)29(16-7,17-8)28(26,14-5)15-6/h18-22H,10-17H2,1-9H3. The van der Waals surface area contributed by atoms with Crippen LogP contribution in [0.15, 0.2) is 30.3 Å². The van der Waals surface area contributed by atoms with Crippen molar-refractivity contribution in [1.82, 2.24) is 0 Å². The highest BCUT2D eigenvalue weighted by Crippen LogP contribution is 2.61. The molecule has 1 heterocycles. The average molecular weight is 465 g/mol. The van der Waals surface area contributed by atoms with Gasteiger partial charge in [0.2, 0.25) is 0 Å². The SMILES string of the molecule is CC[Si]1(CC)OC(C)(c2ccccc2)[Si](CC)(CC)[Si](CC)(CC)[Si]1(CC)CC. The van der Waals surface area contributed by atoms with Crippen molar-refractivity contribution in [2.75, 3.05) is 0 Å². The van der Waals surface area contributed by atoms with Crippen LogP contribution in [-0.4, -0.2) is 29.6 Å². The van der Waals surface area contributed by atoms with Gasteiger partial charge in [-0.25, -0.2) is 0 Å². The highest BCUT2D eigenvalue weighted by Gasteiger charge is 2.78. The van der Waals surface area contributed by atoms with Gasteiger partial charge in [0.1, 0.15) is 0 Å². The van der Waals surface area contributed by atoms with Crippen molar-refractivity contribution < 1.29 is 4.43 Å². The molecule has 0 saturated carbocycles. The molecule has 0 amide bonds. The molecule has 1 atom stereocenters. The van der Waals surface area contributed by atoms with Gasteiger partial charge in [-0.15, -0.1) is 0 Å². The summed E-state index contributed by atoms with van der Waals surface area (Å²) in [4.78, 5) is 0. The van der Waals surface area contributed by atoms with Gasteiger partial charge < -0.3 is 4.43 Å². The Balaban J connectivity index is 3.04. The smallest absolute Gasteiger partial charge is 0.177 e. The molecule has 1 aromatic carbocycles. The maximum atomic E-state index is 7.90. The first-order valence-electron chi connectivity index (χ1n) is 12.6. The Labute approximate surface area is 185 Å². The van der Waals surface area contributed by atoms with E-state index in [2.05, 4.69) is 92.6 Å². The fourth-order valence-corrected chi connectivity index (χ4v) is 105. The van der Waals surface area contributed by atoms with E-state index >= 15 is 0 Å². The summed E-state index contributed by atoms with van der Waals surface area (Å²) in [5.74, 6) is 0. The zero-order valence-corrected chi connectivity index (χ0v) is 25.0. The van der Waals surface area contributed by atoms with E-state index in [4.69, 9.17) is 4.43 Å². The van der Waals surface area contributed by atoms with Crippen LogP contribution in [0.2, 0.25) is 48.4 Å². The van der Waals surface area contributed by atoms with Gasteiger partial charge >= 0.3 is 0 Å². The van der Waals surface area contributed by atoms with E-state index in [1.54, 1.807) is 0 Å². The van der Waals surface area contributed by atoms with Crippen LogP contribution in [0.25, 0.3) is 0 Å². The predicted molar refractivity (Wildman–Crippen MR) is 142 cm³/mol. The van der Waals surface area contributed by atoms with Crippen LogP contribution in [0, 0.1) is 0 Å². The molecule has 29 heavy (non-hydrogen) atoms. The molecule has 0 aromatic heterocycles. The summed E-state index contributed by atoms with van der Waals surface area (Å²) >= 11 is 0. The van der Waals surface area contributed by atoms with Crippen molar-refractivity contribution >= 4 is 29.6 Å². The summed E-state index contributed by atoms with van der Waals surface area (Å²) < 4.78 is 7.90. The molecule has 1 unspecified atom stereocenters. The Kier molecular flexibility index (Phi) is 8.09. The predicted octanol–water partition coefficient (Wildman–Crippen LogP) is 8.16. The van der Waals surface area contributed by atoms with E-state index in [1.807, 2.05) is 0 Å². The average Bonchev–Trinajstić information content (AvgIpc) is 2.78. The van der Waals surface area contributed by atoms with Crippen LogP contribution >= 0.6 is 0 Å². The molecular weight excluding hydrogens is 417 g/mol. The van der Waals surface area contributed by atoms with Crippen LogP contribution in [0.5, 0.6) is 0 Å². The number of benzene rings is 1. The van der Waals surface area contributed by atoms with E-state index in [-0.39, 0.29) is 5.22 Å². The Morgan fingerprint density at radius 3 is 1.41 bits per heavy atom. The van der Waals surface area contributed by atoms with Crippen LogP contribution in [-0.2, 0) is 9.65 Å². The van der Waals surface area contributed by atoms with E-state index in [1.165, 1.54) is 53.9 Å². The van der Waals surface area contributed by atoms with Gasteiger partial charge in [-0.1, -0.05) is 122 Å². The minimum Gasteiger partial charge on any atom is -0.414 e. The summed E-state index contributed by atoms with van der Waals surface area (Å²) in [6.45, 7) is 23.1. The van der Waals surface area contributed by atoms with Crippen molar-refractivity contribution in [1.29, 1.82) is 0 Å².